The highest BCUT2D eigenvalue weighted by atomic mass is 16.3. The van der Waals surface area contributed by atoms with E-state index in [0.29, 0.717) is 18.7 Å². The fourth-order valence-corrected chi connectivity index (χ4v) is 4.45. The Morgan fingerprint density at radius 2 is 1.85 bits per heavy atom. The maximum atomic E-state index is 13.1. The Kier molecular flexibility index (Phi) is 6.45. The third-order valence-corrected chi connectivity index (χ3v) is 6.27. The average molecular weight is 463 g/mol. The average Bonchev–Trinajstić information content (AvgIpc) is 3.42. The van der Waals surface area contributed by atoms with Crippen LogP contribution in [0, 0.1) is 19.8 Å². The lowest BCUT2D eigenvalue weighted by molar-refractivity contribution is 0.111. The van der Waals surface area contributed by atoms with Crippen molar-refractivity contribution in [3.8, 4) is 0 Å². The van der Waals surface area contributed by atoms with E-state index in [0.717, 1.165) is 28.1 Å². The molecule has 3 heterocycles. The first-order valence-electron chi connectivity index (χ1n) is 11.7. The molecule has 4 aromatic rings. The molecule has 0 spiro atoms. The minimum absolute atomic E-state index is 0.0851. The third-order valence-electron chi connectivity index (χ3n) is 6.27. The van der Waals surface area contributed by atoms with Gasteiger partial charge in [-0.15, -0.1) is 5.10 Å². The highest BCUT2D eigenvalue weighted by Crippen LogP contribution is 2.32. The summed E-state index contributed by atoms with van der Waals surface area (Å²) in [6.07, 6.45) is 1.67. The number of pyridine rings is 1. The van der Waals surface area contributed by atoms with Crippen molar-refractivity contribution < 1.29 is 4.42 Å². The van der Waals surface area contributed by atoms with E-state index in [-0.39, 0.29) is 23.1 Å². The fraction of sp³-hybridized carbons (Fsp3) is 0.462. The van der Waals surface area contributed by atoms with Crippen LogP contribution < -0.4 is 5.56 Å². The molecule has 0 unspecified atom stereocenters. The quantitative estimate of drug-likeness (QED) is 0.421. The second-order valence-corrected chi connectivity index (χ2v) is 10.4. The smallest absolute Gasteiger partial charge is 0.252 e. The molecule has 0 aliphatic rings. The number of furan rings is 1. The molecule has 1 aromatic carbocycles. The van der Waals surface area contributed by atoms with Gasteiger partial charge in [-0.3, -0.25) is 9.69 Å². The summed E-state index contributed by atoms with van der Waals surface area (Å²) >= 11 is 0. The molecule has 34 heavy (non-hydrogen) atoms. The van der Waals surface area contributed by atoms with E-state index in [1.165, 1.54) is 5.56 Å². The zero-order valence-corrected chi connectivity index (χ0v) is 21.1. The lowest BCUT2D eigenvalue weighted by Gasteiger charge is -2.34. The number of aromatic nitrogens is 5. The number of H-pyrrole nitrogens is 1. The van der Waals surface area contributed by atoms with Crippen LogP contribution in [0.1, 0.15) is 68.9 Å². The maximum absolute atomic E-state index is 13.1. The first kappa shape index (κ1) is 23.9. The molecule has 0 bridgehead atoms. The number of hydrogen-bond acceptors (Lipinski definition) is 6. The third kappa shape index (κ3) is 4.82. The normalized spacial score (nSPS) is 13.3. The van der Waals surface area contributed by atoms with Gasteiger partial charge in [-0.1, -0.05) is 13.8 Å². The molecule has 0 saturated heterocycles. The monoisotopic (exact) mass is 462 g/mol. The number of benzene rings is 1. The van der Waals surface area contributed by atoms with Crippen LogP contribution in [0.5, 0.6) is 0 Å². The predicted octanol–water partition coefficient (Wildman–Crippen LogP) is 4.88. The Hall–Kier alpha value is -3.26. The van der Waals surface area contributed by atoms with Gasteiger partial charge in [-0.2, -0.15) is 0 Å². The van der Waals surface area contributed by atoms with Crippen molar-refractivity contribution in [2.75, 3.05) is 0 Å². The molecular formula is C26H34N6O2. The molecule has 0 aliphatic carbocycles. The Bertz CT molecular complexity index is 1330. The Morgan fingerprint density at radius 1 is 1.12 bits per heavy atom. The maximum Gasteiger partial charge on any atom is 0.252 e. The highest BCUT2D eigenvalue weighted by molar-refractivity contribution is 5.80. The zero-order valence-electron chi connectivity index (χ0n) is 21.1. The van der Waals surface area contributed by atoms with Gasteiger partial charge in [0.1, 0.15) is 5.76 Å². The Labute approximate surface area is 200 Å². The van der Waals surface area contributed by atoms with Crippen LogP contribution in [-0.2, 0) is 18.6 Å². The number of fused-ring (bicyclic) bond motifs is 1. The van der Waals surface area contributed by atoms with E-state index in [1.807, 2.05) is 28.9 Å². The van der Waals surface area contributed by atoms with Crippen LogP contribution in [0.3, 0.4) is 0 Å². The van der Waals surface area contributed by atoms with Gasteiger partial charge in [-0.25, -0.2) is 4.68 Å². The molecular weight excluding hydrogens is 428 g/mol. The van der Waals surface area contributed by atoms with E-state index in [4.69, 9.17) is 4.42 Å². The highest BCUT2D eigenvalue weighted by Gasteiger charge is 2.33. The summed E-state index contributed by atoms with van der Waals surface area (Å²) in [4.78, 5) is 18.4. The van der Waals surface area contributed by atoms with Crippen LogP contribution >= 0.6 is 0 Å². The summed E-state index contributed by atoms with van der Waals surface area (Å²) in [5, 5.41) is 13.7. The molecule has 180 valence electrons. The lowest BCUT2D eigenvalue weighted by atomic mass is 9.98. The molecule has 0 aliphatic heterocycles. The molecule has 0 amide bonds. The number of aryl methyl sites for hydroxylation is 2. The van der Waals surface area contributed by atoms with Crippen LogP contribution in [0.15, 0.2) is 45.8 Å². The second kappa shape index (κ2) is 9.18. The Balaban J connectivity index is 1.80. The first-order valence-corrected chi connectivity index (χ1v) is 11.7. The van der Waals surface area contributed by atoms with Gasteiger partial charge in [0, 0.05) is 17.6 Å². The summed E-state index contributed by atoms with van der Waals surface area (Å²) in [5.41, 5.74) is 3.54. The fourth-order valence-electron chi connectivity index (χ4n) is 4.45. The number of aromatic amines is 1. The van der Waals surface area contributed by atoms with Crippen molar-refractivity contribution in [2.24, 2.45) is 5.92 Å². The van der Waals surface area contributed by atoms with E-state index in [9.17, 15) is 4.79 Å². The molecule has 1 atom stereocenters. The van der Waals surface area contributed by atoms with Crippen molar-refractivity contribution in [3.63, 3.8) is 0 Å². The topological polar surface area (TPSA) is 92.8 Å². The van der Waals surface area contributed by atoms with Gasteiger partial charge < -0.3 is 9.40 Å². The van der Waals surface area contributed by atoms with Gasteiger partial charge in [-0.05, 0) is 97.8 Å². The van der Waals surface area contributed by atoms with E-state index in [1.54, 1.807) is 6.26 Å². The minimum Gasteiger partial charge on any atom is -0.468 e. The zero-order chi connectivity index (χ0) is 24.6. The number of nitrogens with one attached hydrogen (secondary N) is 1. The standard InChI is InChI=1S/C26H34N6O2/c1-16(2)23(24-28-29-30-32(24)26(5,6)7)31(15-21-9-8-10-34-21)14-20-13-19-11-17(3)18(4)12-22(19)27-25(20)33/h8-13,16,23H,14-15H2,1-7H3,(H,27,33)/t23-/m0/s1. The molecule has 0 saturated carbocycles. The summed E-state index contributed by atoms with van der Waals surface area (Å²) < 4.78 is 7.57. The number of hydrogen-bond donors (Lipinski definition) is 1. The summed E-state index contributed by atoms with van der Waals surface area (Å²) in [5.74, 6) is 1.79. The molecule has 4 rings (SSSR count). The summed E-state index contributed by atoms with van der Waals surface area (Å²) in [6.45, 7) is 15.6. The van der Waals surface area contributed by atoms with Crippen LogP contribution in [0.4, 0.5) is 0 Å². The van der Waals surface area contributed by atoms with Gasteiger partial charge >= 0.3 is 0 Å². The Morgan fingerprint density at radius 3 is 2.50 bits per heavy atom. The molecule has 8 nitrogen and oxygen atoms in total. The van der Waals surface area contributed by atoms with Gasteiger partial charge in [0.25, 0.3) is 5.56 Å². The molecule has 3 aromatic heterocycles. The van der Waals surface area contributed by atoms with Gasteiger partial charge in [0.15, 0.2) is 5.82 Å². The van der Waals surface area contributed by atoms with E-state index >= 15 is 0 Å². The minimum atomic E-state index is -0.280. The number of nitrogens with zero attached hydrogens (tertiary/aromatic N) is 5. The SMILES string of the molecule is Cc1cc2cc(CN(Cc3ccco3)[C@H](c3nnnn3C(C)(C)C)C(C)C)c(=O)[nH]c2cc1C. The second-order valence-electron chi connectivity index (χ2n) is 10.4. The number of rotatable bonds is 7. The number of tetrazole rings is 1. The summed E-state index contributed by atoms with van der Waals surface area (Å²) in [6, 6.07) is 9.86. The first-order chi connectivity index (χ1) is 16.0. The molecule has 0 fully saturated rings. The van der Waals surface area contributed by atoms with Crippen molar-refractivity contribution in [1.82, 2.24) is 30.1 Å². The molecule has 1 N–H and O–H groups in total. The van der Waals surface area contributed by atoms with Crippen molar-refractivity contribution >= 4 is 10.9 Å². The predicted molar refractivity (Wildman–Crippen MR) is 132 cm³/mol. The largest absolute Gasteiger partial charge is 0.468 e. The van der Waals surface area contributed by atoms with Crippen molar-refractivity contribution in [1.29, 1.82) is 0 Å². The summed E-state index contributed by atoms with van der Waals surface area (Å²) in [7, 11) is 0. The van der Waals surface area contributed by atoms with Crippen LogP contribution in [0.2, 0.25) is 0 Å². The van der Waals surface area contributed by atoms with Crippen molar-refractivity contribution in [3.05, 3.63) is 75.2 Å². The lowest BCUT2D eigenvalue weighted by Crippen LogP contribution is -2.37. The molecule has 0 radical (unpaired) electrons. The van der Waals surface area contributed by atoms with Crippen molar-refractivity contribution in [2.45, 2.75) is 73.1 Å². The van der Waals surface area contributed by atoms with Gasteiger partial charge in [0.05, 0.1) is 24.4 Å². The van der Waals surface area contributed by atoms with E-state index in [2.05, 4.69) is 79.9 Å². The van der Waals surface area contributed by atoms with Crippen LogP contribution in [-0.4, -0.2) is 30.1 Å². The van der Waals surface area contributed by atoms with Crippen LogP contribution in [0.25, 0.3) is 10.9 Å². The molecule has 8 heteroatoms. The van der Waals surface area contributed by atoms with Gasteiger partial charge in [0.2, 0.25) is 0 Å². The van der Waals surface area contributed by atoms with E-state index < -0.39 is 0 Å².